The lowest BCUT2D eigenvalue weighted by atomic mass is 9.88. The number of pyridine rings is 1. The molecular formula is C26H32N+. The van der Waals surface area contributed by atoms with Crippen molar-refractivity contribution < 1.29 is 4.57 Å². The SMILES string of the molecule is Cc1cc(C)c(-c2cc(C(C)C)c(C(C)C)c[n+]2C)cc1-c1ccccc1. The lowest BCUT2D eigenvalue weighted by Gasteiger charge is -2.17. The molecule has 0 saturated heterocycles. The third-order valence-electron chi connectivity index (χ3n) is 5.51. The van der Waals surface area contributed by atoms with Crippen LogP contribution in [0, 0.1) is 13.8 Å². The molecule has 0 aliphatic carbocycles. The van der Waals surface area contributed by atoms with E-state index >= 15 is 0 Å². The minimum atomic E-state index is 0.515. The van der Waals surface area contributed by atoms with Gasteiger partial charge in [0.1, 0.15) is 7.05 Å². The van der Waals surface area contributed by atoms with Crippen molar-refractivity contribution in [2.45, 2.75) is 53.4 Å². The first-order valence-electron chi connectivity index (χ1n) is 10.00. The molecular weight excluding hydrogens is 326 g/mol. The molecule has 1 aromatic heterocycles. The second-order valence-corrected chi connectivity index (χ2v) is 8.34. The highest BCUT2D eigenvalue weighted by atomic mass is 14.9. The molecule has 3 rings (SSSR count). The maximum Gasteiger partial charge on any atom is 0.212 e. The van der Waals surface area contributed by atoms with Gasteiger partial charge in [-0.25, -0.2) is 4.57 Å². The van der Waals surface area contributed by atoms with Crippen molar-refractivity contribution in [2.75, 3.05) is 0 Å². The Morgan fingerprint density at radius 2 is 1.30 bits per heavy atom. The van der Waals surface area contributed by atoms with Crippen molar-refractivity contribution in [1.29, 1.82) is 0 Å². The van der Waals surface area contributed by atoms with Crippen molar-refractivity contribution >= 4 is 0 Å². The summed E-state index contributed by atoms with van der Waals surface area (Å²) in [5.41, 5.74) is 10.8. The summed E-state index contributed by atoms with van der Waals surface area (Å²) in [6.07, 6.45) is 2.33. The van der Waals surface area contributed by atoms with Crippen LogP contribution in [0.3, 0.4) is 0 Å². The summed E-state index contributed by atoms with van der Waals surface area (Å²) in [6, 6.07) is 17.8. The molecule has 1 heterocycles. The first-order valence-corrected chi connectivity index (χ1v) is 10.00. The molecule has 1 nitrogen and oxygen atoms in total. The number of hydrogen-bond acceptors (Lipinski definition) is 0. The molecule has 0 bridgehead atoms. The van der Waals surface area contributed by atoms with Crippen molar-refractivity contribution in [2.24, 2.45) is 7.05 Å². The predicted octanol–water partition coefficient (Wildman–Crippen LogP) is 6.71. The van der Waals surface area contributed by atoms with Crippen molar-refractivity contribution in [1.82, 2.24) is 0 Å². The van der Waals surface area contributed by atoms with E-state index in [2.05, 4.69) is 108 Å². The van der Waals surface area contributed by atoms with Crippen LogP contribution in [0.4, 0.5) is 0 Å². The zero-order valence-corrected chi connectivity index (χ0v) is 17.8. The fourth-order valence-electron chi connectivity index (χ4n) is 3.99. The van der Waals surface area contributed by atoms with E-state index in [9.17, 15) is 0 Å². The zero-order chi connectivity index (χ0) is 19.7. The zero-order valence-electron chi connectivity index (χ0n) is 17.8. The maximum absolute atomic E-state index is 2.41. The van der Waals surface area contributed by atoms with Crippen LogP contribution in [0.15, 0.2) is 54.7 Å². The van der Waals surface area contributed by atoms with Gasteiger partial charge in [-0.15, -0.1) is 0 Å². The Bertz CT molecular complexity index is 950. The van der Waals surface area contributed by atoms with Gasteiger partial charge in [0.25, 0.3) is 0 Å². The molecule has 2 aromatic carbocycles. The minimum absolute atomic E-state index is 0.515. The van der Waals surface area contributed by atoms with Crippen molar-refractivity contribution in [3.8, 4) is 22.4 Å². The highest BCUT2D eigenvalue weighted by Crippen LogP contribution is 2.33. The number of rotatable bonds is 4. The van der Waals surface area contributed by atoms with Crippen LogP contribution in [0.5, 0.6) is 0 Å². The quantitative estimate of drug-likeness (QED) is 0.456. The van der Waals surface area contributed by atoms with Gasteiger partial charge >= 0.3 is 0 Å². The second-order valence-electron chi connectivity index (χ2n) is 8.34. The van der Waals surface area contributed by atoms with Crippen molar-refractivity contribution in [3.63, 3.8) is 0 Å². The Morgan fingerprint density at radius 1 is 0.704 bits per heavy atom. The molecule has 0 atom stereocenters. The Kier molecular flexibility index (Phi) is 5.51. The lowest BCUT2D eigenvalue weighted by molar-refractivity contribution is -0.661. The van der Waals surface area contributed by atoms with Gasteiger partial charge in [-0.2, -0.15) is 0 Å². The summed E-state index contributed by atoms with van der Waals surface area (Å²) in [6.45, 7) is 13.6. The lowest BCUT2D eigenvalue weighted by Crippen LogP contribution is -2.32. The fraction of sp³-hybridized carbons (Fsp3) is 0.346. The number of nitrogens with zero attached hydrogens (tertiary/aromatic N) is 1. The largest absolute Gasteiger partial charge is 0.212 e. The average Bonchev–Trinajstić information content (AvgIpc) is 2.62. The van der Waals surface area contributed by atoms with E-state index < -0.39 is 0 Å². The normalized spacial score (nSPS) is 11.4. The summed E-state index contributed by atoms with van der Waals surface area (Å²) in [7, 11) is 2.17. The molecule has 0 saturated carbocycles. The fourth-order valence-corrected chi connectivity index (χ4v) is 3.99. The Morgan fingerprint density at radius 3 is 1.89 bits per heavy atom. The summed E-state index contributed by atoms with van der Waals surface area (Å²) in [4.78, 5) is 0. The Hall–Kier alpha value is -2.41. The first kappa shape index (κ1) is 19.4. The minimum Gasteiger partial charge on any atom is -0.201 e. The van der Waals surface area contributed by atoms with E-state index in [1.54, 1.807) is 0 Å². The van der Waals surface area contributed by atoms with Crippen LogP contribution >= 0.6 is 0 Å². The Labute approximate surface area is 164 Å². The van der Waals surface area contributed by atoms with E-state index in [0.717, 1.165) is 0 Å². The van der Waals surface area contributed by atoms with Gasteiger partial charge in [0, 0.05) is 17.2 Å². The average molecular weight is 359 g/mol. The van der Waals surface area contributed by atoms with Crippen molar-refractivity contribution in [3.05, 3.63) is 77.0 Å². The monoisotopic (exact) mass is 358 g/mol. The third kappa shape index (κ3) is 3.83. The van der Waals surface area contributed by atoms with Crippen LogP contribution < -0.4 is 4.57 Å². The molecule has 0 radical (unpaired) electrons. The summed E-state index contributed by atoms with van der Waals surface area (Å²) >= 11 is 0. The van der Waals surface area contributed by atoms with Gasteiger partial charge in [0.05, 0.1) is 0 Å². The standard InChI is InChI=1S/C26H32N/c1-17(2)22-15-26(27(7)16-25(22)18(3)4)24-14-23(19(5)13-20(24)6)21-11-9-8-10-12-21/h8-18H,1-7H3/q+1. The van der Waals surface area contributed by atoms with Crippen LogP contribution in [-0.2, 0) is 7.05 Å². The number of aromatic nitrogens is 1. The summed E-state index contributed by atoms with van der Waals surface area (Å²) in [5.74, 6) is 1.04. The van der Waals surface area contributed by atoms with Crippen LogP contribution in [0.2, 0.25) is 0 Å². The third-order valence-corrected chi connectivity index (χ3v) is 5.51. The van der Waals surface area contributed by atoms with E-state index in [0.29, 0.717) is 11.8 Å². The molecule has 0 spiro atoms. The molecule has 1 heteroatoms. The highest BCUT2D eigenvalue weighted by Gasteiger charge is 2.21. The predicted molar refractivity (Wildman–Crippen MR) is 116 cm³/mol. The van der Waals surface area contributed by atoms with Crippen LogP contribution in [0.25, 0.3) is 22.4 Å². The van der Waals surface area contributed by atoms with Gasteiger partial charge in [0.2, 0.25) is 5.69 Å². The highest BCUT2D eigenvalue weighted by molar-refractivity contribution is 5.75. The van der Waals surface area contributed by atoms with E-state index in [1.165, 1.54) is 44.6 Å². The smallest absolute Gasteiger partial charge is 0.201 e. The number of hydrogen-bond donors (Lipinski definition) is 0. The van der Waals surface area contributed by atoms with Crippen LogP contribution in [-0.4, -0.2) is 0 Å². The van der Waals surface area contributed by atoms with Gasteiger partial charge in [-0.3, -0.25) is 0 Å². The molecule has 0 amide bonds. The molecule has 27 heavy (non-hydrogen) atoms. The molecule has 0 aliphatic rings. The van der Waals surface area contributed by atoms with E-state index in [-0.39, 0.29) is 0 Å². The van der Waals surface area contributed by atoms with Gasteiger partial charge in [0.15, 0.2) is 6.20 Å². The van der Waals surface area contributed by atoms with Gasteiger partial charge in [-0.05, 0) is 59.6 Å². The summed E-state index contributed by atoms with van der Waals surface area (Å²) < 4.78 is 2.30. The molecule has 0 N–H and O–H groups in total. The summed E-state index contributed by atoms with van der Waals surface area (Å²) in [5, 5.41) is 0. The van der Waals surface area contributed by atoms with Gasteiger partial charge < -0.3 is 0 Å². The molecule has 0 aliphatic heterocycles. The maximum atomic E-state index is 2.41. The first-order chi connectivity index (χ1) is 12.8. The van der Waals surface area contributed by atoms with E-state index in [1.807, 2.05) is 0 Å². The Balaban J connectivity index is 2.24. The molecule has 3 aromatic rings. The molecule has 0 fully saturated rings. The molecule has 0 unspecified atom stereocenters. The molecule has 140 valence electrons. The van der Waals surface area contributed by atoms with Crippen LogP contribution in [0.1, 0.15) is 61.8 Å². The number of benzene rings is 2. The van der Waals surface area contributed by atoms with E-state index in [4.69, 9.17) is 0 Å². The topological polar surface area (TPSA) is 3.88 Å². The second kappa shape index (κ2) is 7.68. The van der Waals surface area contributed by atoms with Gasteiger partial charge in [-0.1, -0.05) is 64.1 Å². The number of aryl methyl sites for hydroxylation is 3.